The van der Waals surface area contributed by atoms with E-state index in [2.05, 4.69) is 6.58 Å². The maximum atomic E-state index is 11.2. The smallest absolute Gasteiger partial charge is 0.249 e. The highest BCUT2D eigenvalue weighted by Gasteiger charge is 2.10. The van der Waals surface area contributed by atoms with Crippen LogP contribution in [0.5, 0.6) is 0 Å². The Morgan fingerprint density at radius 2 is 1.57 bits per heavy atom. The maximum Gasteiger partial charge on any atom is 0.249 e. The molecule has 0 aliphatic carbocycles. The van der Waals surface area contributed by atoms with Crippen molar-refractivity contribution < 1.29 is 19.0 Å². The quantitative estimate of drug-likeness (QED) is 0.559. The van der Waals surface area contributed by atoms with Crippen LogP contribution in [-0.4, -0.2) is 50.7 Å². The Bertz CT molecular complexity index is 185. The van der Waals surface area contributed by atoms with Gasteiger partial charge in [0.25, 0.3) is 0 Å². The predicted octanol–water partition coefficient (Wildman–Crippen LogP) is -0.0206. The zero-order valence-corrected chi connectivity index (χ0v) is 8.11. The minimum absolute atomic E-state index is 0.188. The van der Waals surface area contributed by atoms with E-state index >= 15 is 0 Å². The van der Waals surface area contributed by atoms with E-state index in [0.717, 1.165) is 0 Å². The van der Waals surface area contributed by atoms with Gasteiger partial charge in [-0.2, -0.15) is 0 Å². The van der Waals surface area contributed by atoms with E-state index < -0.39 is 0 Å². The molecule has 5 nitrogen and oxygen atoms in total. The van der Waals surface area contributed by atoms with Crippen molar-refractivity contribution in [1.29, 1.82) is 0 Å². The highest BCUT2D eigenvalue weighted by molar-refractivity contribution is 5.86. The van der Waals surface area contributed by atoms with Crippen molar-refractivity contribution in [3.8, 4) is 0 Å². The molecule has 0 bridgehead atoms. The Balaban J connectivity index is 2.37. The third-order valence-corrected chi connectivity index (χ3v) is 1.72. The topological polar surface area (TPSA) is 48.0 Å². The molecule has 0 unspecified atom stereocenters. The molecule has 0 saturated carbocycles. The third-order valence-electron chi connectivity index (χ3n) is 1.72. The van der Waals surface area contributed by atoms with Gasteiger partial charge in [-0.25, -0.2) is 0 Å². The Hall–Kier alpha value is -0.910. The SMILES string of the molecule is C=CC(=O)N1COCCOCCOC1. The van der Waals surface area contributed by atoms with Gasteiger partial charge in [0.05, 0.1) is 26.4 Å². The first-order chi connectivity index (χ1) is 6.84. The molecular formula is C9H15NO4. The summed E-state index contributed by atoms with van der Waals surface area (Å²) >= 11 is 0. The van der Waals surface area contributed by atoms with Gasteiger partial charge >= 0.3 is 0 Å². The lowest BCUT2D eigenvalue weighted by Crippen LogP contribution is -2.35. The third kappa shape index (κ3) is 3.87. The molecule has 0 aromatic rings. The van der Waals surface area contributed by atoms with Gasteiger partial charge in [-0.15, -0.1) is 0 Å². The predicted molar refractivity (Wildman–Crippen MR) is 49.5 cm³/mol. The molecule has 1 aliphatic heterocycles. The summed E-state index contributed by atoms with van der Waals surface area (Å²) in [4.78, 5) is 12.7. The molecule has 0 aromatic heterocycles. The van der Waals surface area contributed by atoms with Crippen LogP contribution in [0.2, 0.25) is 0 Å². The van der Waals surface area contributed by atoms with Crippen LogP contribution >= 0.6 is 0 Å². The Morgan fingerprint density at radius 3 is 2.07 bits per heavy atom. The lowest BCUT2D eigenvalue weighted by molar-refractivity contribution is -0.144. The average molecular weight is 201 g/mol. The van der Waals surface area contributed by atoms with Crippen LogP contribution in [0.15, 0.2) is 12.7 Å². The van der Waals surface area contributed by atoms with Crippen LogP contribution in [0, 0.1) is 0 Å². The first-order valence-electron chi connectivity index (χ1n) is 4.49. The summed E-state index contributed by atoms with van der Waals surface area (Å²) in [6.07, 6.45) is 1.25. The Morgan fingerprint density at radius 1 is 1.07 bits per heavy atom. The second-order valence-electron chi connectivity index (χ2n) is 2.77. The minimum atomic E-state index is -0.188. The van der Waals surface area contributed by atoms with Crippen molar-refractivity contribution >= 4 is 5.91 Å². The summed E-state index contributed by atoms with van der Waals surface area (Å²) in [5.74, 6) is -0.188. The summed E-state index contributed by atoms with van der Waals surface area (Å²) < 4.78 is 15.6. The molecule has 0 spiro atoms. The molecule has 14 heavy (non-hydrogen) atoms. The van der Waals surface area contributed by atoms with Gasteiger partial charge in [-0.3, -0.25) is 9.69 Å². The van der Waals surface area contributed by atoms with Gasteiger partial charge in [0, 0.05) is 0 Å². The van der Waals surface area contributed by atoms with Crippen LogP contribution in [0.1, 0.15) is 0 Å². The molecular weight excluding hydrogens is 186 g/mol. The summed E-state index contributed by atoms with van der Waals surface area (Å²) in [5.41, 5.74) is 0. The number of ether oxygens (including phenoxy) is 3. The van der Waals surface area contributed by atoms with E-state index in [9.17, 15) is 4.79 Å². The molecule has 0 aromatic carbocycles. The summed E-state index contributed by atoms with van der Waals surface area (Å²) in [6, 6.07) is 0. The van der Waals surface area contributed by atoms with E-state index in [0.29, 0.717) is 26.4 Å². The van der Waals surface area contributed by atoms with Gasteiger partial charge in [-0.1, -0.05) is 6.58 Å². The van der Waals surface area contributed by atoms with Crippen LogP contribution in [0.25, 0.3) is 0 Å². The zero-order chi connectivity index (χ0) is 10.2. The van der Waals surface area contributed by atoms with Gasteiger partial charge in [0.1, 0.15) is 13.5 Å². The largest absolute Gasteiger partial charge is 0.377 e. The second-order valence-corrected chi connectivity index (χ2v) is 2.77. The van der Waals surface area contributed by atoms with Crippen molar-refractivity contribution in [2.45, 2.75) is 0 Å². The number of nitrogens with zero attached hydrogens (tertiary/aromatic N) is 1. The van der Waals surface area contributed by atoms with Gasteiger partial charge in [0.2, 0.25) is 5.91 Å². The van der Waals surface area contributed by atoms with Crippen molar-refractivity contribution in [1.82, 2.24) is 4.90 Å². The first-order valence-corrected chi connectivity index (χ1v) is 4.49. The summed E-state index contributed by atoms with van der Waals surface area (Å²) in [5, 5.41) is 0. The Labute approximate surface area is 83.2 Å². The molecule has 1 amide bonds. The molecule has 0 atom stereocenters. The monoisotopic (exact) mass is 201 g/mol. The average Bonchev–Trinajstić information content (AvgIpc) is 2.24. The summed E-state index contributed by atoms with van der Waals surface area (Å²) in [7, 11) is 0. The molecule has 1 aliphatic rings. The first kappa shape index (κ1) is 11.2. The van der Waals surface area contributed by atoms with E-state index in [1.807, 2.05) is 0 Å². The molecule has 80 valence electrons. The zero-order valence-electron chi connectivity index (χ0n) is 8.11. The molecule has 1 fully saturated rings. The highest BCUT2D eigenvalue weighted by atomic mass is 16.6. The number of amides is 1. The number of rotatable bonds is 1. The fourth-order valence-electron chi connectivity index (χ4n) is 0.981. The normalized spacial score (nSPS) is 20.1. The minimum Gasteiger partial charge on any atom is -0.377 e. The van der Waals surface area contributed by atoms with E-state index in [-0.39, 0.29) is 19.4 Å². The lowest BCUT2D eigenvalue weighted by Gasteiger charge is -2.22. The van der Waals surface area contributed by atoms with E-state index in [4.69, 9.17) is 14.2 Å². The molecule has 5 heteroatoms. The van der Waals surface area contributed by atoms with Crippen molar-refractivity contribution in [3.05, 3.63) is 12.7 Å². The van der Waals surface area contributed by atoms with E-state index in [1.54, 1.807) is 0 Å². The van der Waals surface area contributed by atoms with Crippen molar-refractivity contribution in [3.63, 3.8) is 0 Å². The van der Waals surface area contributed by atoms with Crippen molar-refractivity contribution in [2.24, 2.45) is 0 Å². The van der Waals surface area contributed by atoms with Gasteiger partial charge in [-0.05, 0) is 6.08 Å². The molecule has 0 N–H and O–H groups in total. The number of carbonyl (C=O) groups excluding carboxylic acids is 1. The van der Waals surface area contributed by atoms with Crippen LogP contribution in [0.4, 0.5) is 0 Å². The number of carbonyl (C=O) groups is 1. The van der Waals surface area contributed by atoms with Gasteiger partial charge < -0.3 is 14.2 Å². The second kappa shape index (κ2) is 6.53. The fraction of sp³-hybridized carbons (Fsp3) is 0.667. The van der Waals surface area contributed by atoms with Crippen LogP contribution < -0.4 is 0 Å². The highest BCUT2D eigenvalue weighted by Crippen LogP contribution is 1.95. The lowest BCUT2D eigenvalue weighted by atomic mass is 10.5. The molecule has 1 heterocycles. The molecule has 0 radical (unpaired) electrons. The van der Waals surface area contributed by atoms with Crippen molar-refractivity contribution in [2.75, 3.05) is 39.9 Å². The standard InChI is InChI=1S/C9H15NO4/c1-2-9(11)10-7-13-5-3-12-4-6-14-8-10/h2H,1,3-8H2. The maximum absolute atomic E-state index is 11.2. The van der Waals surface area contributed by atoms with Crippen LogP contribution in [-0.2, 0) is 19.0 Å². The van der Waals surface area contributed by atoms with Gasteiger partial charge in [0.15, 0.2) is 0 Å². The summed E-state index contributed by atoms with van der Waals surface area (Å²) in [6.45, 7) is 5.87. The Kier molecular flexibility index (Phi) is 5.21. The molecule has 1 saturated heterocycles. The number of hydrogen-bond acceptors (Lipinski definition) is 4. The fourth-order valence-corrected chi connectivity index (χ4v) is 0.981. The van der Waals surface area contributed by atoms with E-state index in [1.165, 1.54) is 11.0 Å². The van der Waals surface area contributed by atoms with Crippen LogP contribution in [0.3, 0.4) is 0 Å². The molecule has 1 rings (SSSR count). The number of hydrogen-bond donors (Lipinski definition) is 0.